The molecule has 100 valence electrons. The fraction of sp³-hybridized carbons (Fsp3) is 0.267. The number of anilines is 1. The third-order valence-electron chi connectivity index (χ3n) is 3.70. The molecule has 0 aromatic carbocycles. The van der Waals surface area contributed by atoms with Gasteiger partial charge in [-0.25, -0.2) is 9.97 Å². The number of pyridine rings is 1. The highest BCUT2D eigenvalue weighted by atomic mass is 32.1. The van der Waals surface area contributed by atoms with Crippen LogP contribution in [0.5, 0.6) is 0 Å². The maximum Gasteiger partial charge on any atom is 0.181 e. The van der Waals surface area contributed by atoms with E-state index in [0.29, 0.717) is 5.82 Å². The smallest absolute Gasteiger partial charge is 0.181 e. The summed E-state index contributed by atoms with van der Waals surface area (Å²) in [4.78, 5) is 16.3. The molecule has 0 aliphatic heterocycles. The molecule has 4 nitrogen and oxygen atoms in total. The predicted molar refractivity (Wildman–Crippen MR) is 82.2 cm³/mol. The van der Waals surface area contributed by atoms with Crippen molar-refractivity contribution < 1.29 is 0 Å². The summed E-state index contributed by atoms with van der Waals surface area (Å²) in [6.45, 7) is 0. The van der Waals surface area contributed by atoms with Gasteiger partial charge in [0.2, 0.25) is 0 Å². The fourth-order valence-electron chi connectivity index (χ4n) is 2.79. The van der Waals surface area contributed by atoms with Gasteiger partial charge in [-0.3, -0.25) is 4.98 Å². The summed E-state index contributed by atoms with van der Waals surface area (Å²) in [7, 11) is 1.92. The van der Waals surface area contributed by atoms with Gasteiger partial charge in [-0.15, -0.1) is 11.3 Å². The molecule has 0 amide bonds. The lowest BCUT2D eigenvalue weighted by molar-refractivity contribution is 0.917. The third kappa shape index (κ3) is 1.70. The highest BCUT2D eigenvalue weighted by Gasteiger charge is 2.22. The lowest BCUT2D eigenvalue weighted by Crippen LogP contribution is -1.99. The number of aromatic nitrogens is 3. The van der Waals surface area contributed by atoms with Crippen molar-refractivity contribution in [2.24, 2.45) is 0 Å². The second-order valence-corrected chi connectivity index (χ2v) is 5.98. The highest BCUT2D eigenvalue weighted by Crippen LogP contribution is 2.40. The van der Waals surface area contributed by atoms with Gasteiger partial charge in [-0.05, 0) is 37.0 Å². The summed E-state index contributed by atoms with van der Waals surface area (Å²) in [5.41, 5.74) is 2.27. The minimum Gasteiger partial charge on any atom is -0.372 e. The lowest BCUT2D eigenvalue weighted by Gasteiger charge is -2.06. The van der Waals surface area contributed by atoms with E-state index in [-0.39, 0.29) is 0 Å². The van der Waals surface area contributed by atoms with Gasteiger partial charge < -0.3 is 5.32 Å². The molecule has 0 bridgehead atoms. The van der Waals surface area contributed by atoms with Crippen molar-refractivity contribution in [1.29, 1.82) is 0 Å². The zero-order valence-corrected chi connectivity index (χ0v) is 12.0. The number of fused-ring (bicyclic) bond motifs is 3. The number of hydrogen-bond acceptors (Lipinski definition) is 5. The summed E-state index contributed by atoms with van der Waals surface area (Å²) in [5, 5.41) is 4.44. The van der Waals surface area contributed by atoms with Gasteiger partial charge in [0.1, 0.15) is 16.3 Å². The molecular weight excluding hydrogens is 268 g/mol. The number of thiophene rings is 1. The van der Waals surface area contributed by atoms with Crippen LogP contribution >= 0.6 is 11.3 Å². The Bertz CT molecular complexity index is 779. The largest absolute Gasteiger partial charge is 0.372 e. The molecule has 3 heterocycles. The van der Waals surface area contributed by atoms with Crippen LogP contribution in [0.15, 0.2) is 24.4 Å². The van der Waals surface area contributed by atoms with Gasteiger partial charge >= 0.3 is 0 Å². The summed E-state index contributed by atoms with van der Waals surface area (Å²) in [5.74, 6) is 1.62. The van der Waals surface area contributed by atoms with Gasteiger partial charge in [0, 0.05) is 18.1 Å². The number of hydrogen-bond donors (Lipinski definition) is 1. The first-order valence-corrected chi connectivity index (χ1v) is 7.60. The lowest BCUT2D eigenvalue weighted by atomic mass is 10.2. The van der Waals surface area contributed by atoms with Crippen molar-refractivity contribution in [2.45, 2.75) is 19.3 Å². The van der Waals surface area contributed by atoms with E-state index >= 15 is 0 Å². The van der Waals surface area contributed by atoms with Gasteiger partial charge in [-0.1, -0.05) is 6.07 Å². The van der Waals surface area contributed by atoms with E-state index < -0.39 is 0 Å². The Morgan fingerprint density at radius 3 is 2.95 bits per heavy atom. The molecule has 0 fully saturated rings. The van der Waals surface area contributed by atoms with E-state index in [4.69, 9.17) is 4.98 Å². The van der Waals surface area contributed by atoms with Gasteiger partial charge in [0.15, 0.2) is 5.82 Å². The topological polar surface area (TPSA) is 50.7 Å². The van der Waals surface area contributed by atoms with Crippen LogP contribution in [-0.4, -0.2) is 22.0 Å². The molecule has 1 aliphatic carbocycles. The predicted octanol–water partition coefficient (Wildman–Crippen LogP) is 3.28. The Kier molecular flexibility index (Phi) is 2.67. The van der Waals surface area contributed by atoms with Crippen molar-refractivity contribution in [3.8, 4) is 11.5 Å². The van der Waals surface area contributed by atoms with Crippen LogP contribution in [0.2, 0.25) is 0 Å². The average Bonchev–Trinajstić information content (AvgIpc) is 3.07. The van der Waals surface area contributed by atoms with Crippen LogP contribution in [0.1, 0.15) is 16.9 Å². The van der Waals surface area contributed by atoms with E-state index in [1.54, 1.807) is 17.5 Å². The maximum absolute atomic E-state index is 4.72. The average molecular weight is 282 g/mol. The molecular formula is C15H14N4S. The van der Waals surface area contributed by atoms with E-state index in [1.807, 2.05) is 25.2 Å². The maximum atomic E-state index is 4.72. The SMILES string of the molecule is CNc1nc(-c2ccccn2)nc2sc3c(c12)CCC3. The Labute approximate surface area is 120 Å². The first kappa shape index (κ1) is 11.8. The van der Waals surface area contributed by atoms with Crippen LogP contribution in [0, 0.1) is 0 Å². The van der Waals surface area contributed by atoms with Crippen LogP contribution < -0.4 is 5.32 Å². The van der Waals surface area contributed by atoms with Crippen LogP contribution in [-0.2, 0) is 12.8 Å². The van der Waals surface area contributed by atoms with E-state index in [2.05, 4.69) is 15.3 Å². The van der Waals surface area contributed by atoms with E-state index in [9.17, 15) is 0 Å². The molecule has 1 N–H and O–H groups in total. The molecule has 3 aromatic rings. The van der Waals surface area contributed by atoms with Gasteiger partial charge in [0.05, 0.1) is 5.39 Å². The standard InChI is InChI=1S/C15H14N4S/c1-16-14-12-9-5-4-7-11(9)20-15(12)19-13(18-14)10-6-2-3-8-17-10/h2-3,6,8H,4-5,7H2,1H3,(H,16,18,19). The molecule has 0 spiro atoms. The minimum atomic E-state index is 0.697. The Morgan fingerprint density at radius 2 is 2.15 bits per heavy atom. The van der Waals surface area contributed by atoms with Gasteiger partial charge in [-0.2, -0.15) is 0 Å². The van der Waals surface area contributed by atoms with E-state index in [1.165, 1.54) is 28.7 Å². The van der Waals surface area contributed by atoms with Crippen LogP contribution in [0.3, 0.4) is 0 Å². The van der Waals surface area contributed by atoms with Crippen LogP contribution in [0.4, 0.5) is 5.82 Å². The summed E-state index contributed by atoms with van der Waals surface area (Å²) < 4.78 is 0. The van der Waals surface area contributed by atoms with Crippen molar-refractivity contribution in [1.82, 2.24) is 15.0 Å². The molecule has 20 heavy (non-hydrogen) atoms. The number of aryl methyl sites for hydroxylation is 2. The molecule has 0 unspecified atom stereocenters. The van der Waals surface area contributed by atoms with Crippen molar-refractivity contribution in [2.75, 3.05) is 12.4 Å². The minimum absolute atomic E-state index is 0.697. The molecule has 0 radical (unpaired) electrons. The van der Waals surface area contributed by atoms with Crippen molar-refractivity contribution >= 4 is 27.4 Å². The Balaban J connectivity index is 1.98. The van der Waals surface area contributed by atoms with Gasteiger partial charge in [0.25, 0.3) is 0 Å². The number of rotatable bonds is 2. The van der Waals surface area contributed by atoms with E-state index in [0.717, 1.165) is 22.8 Å². The second-order valence-electron chi connectivity index (χ2n) is 4.90. The first-order chi connectivity index (χ1) is 9.86. The van der Waals surface area contributed by atoms with Crippen molar-refractivity contribution in [3.63, 3.8) is 0 Å². The summed E-state index contributed by atoms with van der Waals surface area (Å²) in [6.07, 6.45) is 5.35. The fourth-order valence-corrected chi connectivity index (χ4v) is 4.05. The molecule has 5 heteroatoms. The molecule has 3 aromatic heterocycles. The van der Waals surface area contributed by atoms with Crippen molar-refractivity contribution in [3.05, 3.63) is 34.8 Å². The first-order valence-electron chi connectivity index (χ1n) is 6.78. The quantitative estimate of drug-likeness (QED) is 0.783. The highest BCUT2D eigenvalue weighted by molar-refractivity contribution is 7.19. The monoisotopic (exact) mass is 282 g/mol. The Morgan fingerprint density at radius 1 is 1.20 bits per heavy atom. The third-order valence-corrected chi connectivity index (χ3v) is 4.88. The zero-order chi connectivity index (χ0) is 13.5. The number of nitrogens with one attached hydrogen (secondary N) is 1. The molecule has 0 saturated carbocycles. The molecule has 0 atom stereocenters. The normalized spacial score (nSPS) is 13.7. The molecule has 4 rings (SSSR count). The van der Waals surface area contributed by atoms with Crippen LogP contribution in [0.25, 0.3) is 21.7 Å². The molecule has 0 saturated heterocycles. The number of nitrogens with zero attached hydrogens (tertiary/aromatic N) is 3. The second kappa shape index (κ2) is 4.52. The summed E-state index contributed by atoms with van der Waals surface area (Å²) in [6, 6.07) is 5.81. The Hall–Kier alpha value is -2.01. The summed E-state index contributed by atoms with van der Waals surface area (Å²) >= 11 is 1.81. The zero-order valence-electron chi connectivity index (χ0n) is 11.2. The molecule has 1 aliphatic rings.